The number of nitrogens with zero attached hydrogens (tertiary/aromatic N) is 2. The molecule has 0 radical (unpaired) electrons. The van der Waals surface area contributed by atoms with Gasteiger partial charge in [0, 0.05) is 25.4 Å². The Morgan fingerprint density at radius 3 is 3.00 bits per heavy atom. The molecule has 0 aromatic carbocycles. The van der Waals surface area contributed by atoms with Crippen molar-refractivity contribution in [2.45, 2.75) is 32.7 Å². The second-order valence-electron chi connectivity index (χ2n) is 5.47. The van der Waals surface area contributed by atoms with Gasteiger partial charge in [0.25, 0.3) is 5.56 Å². The summed E-state index contributed by atoms with van der Waals surface area (Å²) in [6.07, 6.45) is 5.63. The zero-order valence-electron chi connectivity index (χ0n) is 11.2. The van der Waals surface area contributed by atoms with E-state index in [1.54, 1.807) is 16.7 Å². The summed E-state index contributed by atoms with van der Waals surface area (Å²) in [5, 5.41) is 3.44. The molecule has 19 heavy (non-hydrogen) atoms. The molecule has 2 heterocycles. The minimum absolute atomic E-state index is 0.0148. The Balaban J connectivity index is 1.73. The minimum Gasteiger partial charge on any atom is -0.311 e. The number of nitrogens with one attached hydrogen (secondary N) is 1. The third-order valence-corrected chi connectivity index (χ3v) is 4.14. The van der Waals surface area contributed by atoms with Gasteiger partial charge in [-0.15, -0.1) is 0 Å². The van der Waals surface area contributed by atoms with Gasteiger partial charge >= 0.3 is 0 Å². The van der Waals surface area contributed by atoms with Crippen molar-refractivity contribution in [3.8, 4) is 0 Å². The summed E-state index contributed by atoms with van der Waals surface area (Å²) in [4.78, 5) is 16.4. The summed E-state index contributed by atoms with van der Waals surface area (Å²) in [7, 11) is 0. The zero-order chi connectivity index (χ0) is 13.3. The molecule has 3 rings (SSSR count). The first-order chi connectivity index (χ1) is 9.22. The third kappa shape index (κ3) is 2.54. The quantitative estimate of drug-likeness (QED) is 0.891. The van der Waals surface area contributed by atoms with Crippen LogP contribution in [0.4, 0.5) is 0 Å². The van der Waals surface area contributed by atoms with Gasteiger partial charge in [-0.2, -0.15) is 0 Å². The summed E-state index contributed by atoms with van der Waals surface area (Å²) in [5.41, 5.74) is 2.04. The fourth-order valence-electron chi connectivity index (χ4n) is 2.48. The average molecular weight is 257 g/mol. The molecule has 0 atom stereocenters. The van der Waals surface area contributed by atoms with Gasteiger partial charge in [-0.25, -0.2) is 4.98 Å². The molecule has 0 unspecified atom stereocenters. The highest BCUT2D eigenvalue weighted by Gasteiger charge is 2.39. The number of fused-ring (bicyclic) bond motifs is 1. The highest BCUT2D eigenvalue weighted by molar-refractivity contribution is 5.37. The summed E-state index contributed by atoms with van der Waals surface area (Å²) in [6.45, 7) is 3.94. The second-order valence-corrected chi connectivity index (χ2v) is 5.47. The van der Waals surface area contributed by atoms with E-state index in [1.165, 1.54) is 19.3 Å². The summed E-state index contributed by atoms with van der Waals surface area (Å²) >= 11 is 0. The molecule has 2 aromatic rings. The van der Waals surface area contributed by atoms with Crippen LogP contribution < -0.4 is 10.9 Å². The van der Waals surface area contributed by atoms with Crippen molar-refractivity contribution < 1.29 is 0 Å². The molecule has 1 saturated carbocycles. The first-order valence-corrected chi connectivity index (χ1v) is 6.90. The summed E-state index contributed by atoms with van der Waals surface area (Å²) in [6, 6.07) is 7.21. The van der Waals surface area contributed by atoms with E-state index >= 15 is 0 Å². The number of rotatable bonds is 5. The average Bonchev–Trinajstić information content (AvgIpc) is 3.19. The van der Waals surface area contributed by atoms with Crippen molar-refractivity contribution >= 4 is 5.65 Å². The topological polar surface area (TPSA) is 46.4 Å². The van der Waals surface area contributed by atoms with Crippen LogP contribution in [-0.2, 0) is 6.54 Å². The molecule has 0 spiro atoms. The van der Waals surface area contributed by atoms with Crippen LogP contribution >= 0.6 is 0 Å². The molecule has 4 heteroatoms. The molecule has 2 aromatic heterocycles. The normalized spacial score (nSPS) is 16.7. The predicted octanol–water partition coefficient (Wildman–Crippen LogP) is 1.97. The zero-order valence-corrected chi connectivity index (χ0v) is 11.2. The molecule has 4 nitrogen and oxygen atoms in total. The monoisotopic (exact) mass is 257 g/mol. The molecular weight excluding hydrogens is 238 g/mol. The molecule has 0 amide bonds. The molecule has 0 saturated heterocycles. The molecule has 100 valence electrons. The first-order valence-electron chi connectivity index (χ1n) is 6.90. The van der Waals surface area contributed by atoms with Gasteiger partial charge in [0.1, 0.15) is 5.65 Å². The van der Waals surface area contributed by atoms with Crippen LogP contribution in [0.2, 0.25) is 0 Å². The van der Waals surface area contributed by atoms with E-state index in [0.29, 0.717) is 17.6 Å². The lowest BCUT2D eigenvalue weighted by molar-refractivity contribution is 0.442. The van der Waals surface area contributed by atoms with E-state index in [-0.39, 0.29) is 5.56 Å². The molecule has 1 fully saturated rings. The van der Waals surface area contributed by atoms with Crippen molar-refractivity contribution in [2.24, 2.45) is 5.41 Å². The second kappa shape index (κ2) is 4.78. The highest BCUT2D eigenvalue weighted by Crippen LogP contribution is 2.47. The van der Waals surface area contributed by atoms with Crippen LogP contribution in [-0.4, -0.2) is 15.9 Å². The van der Waals surface area contributed by atoms with Crippen LogP contribution in [0.1, 0.15) is 31.9 Å². The van der Waals surface area contributed by atoms with E-state index in [1.807, 2.05) is 18.2 Å². The maximum absolute atomic E-state index is 11.9. The van der Waals surface area contributed by atoms with Crippen LogP contribution in [0.25, 0.3) is 5.65 Å². The van der Waals surface area contributed by atoms with Gasteiger partial charge in [0.15, 0.2) is 0 Å². The van der Waals surface area contributed by atoms with Gasteiger partial charge in [0.2, 0.25) is 0 Å². The third-order valence-electron chi connectivity index (χ3n) is 4.14. The van der Waals surface area contributed by atoms with Crippen LogP contribution in [0.3, 0.4) is 0 Å². The van der Waals surface area contributed by atoms with Crippen molar-refractivity contribution in [3.05, 3.63) is 46.5 Å². The van der Waals surface area contributed by atoms with E-state index in [0.717, 1.165) is 12.2 Å². The van der Waals surface area contributed by atoms with Crippen LogP contribution in [0, 0.1) is 5.41 Å². The van der Waals surface area contributed by atoms with Gasteiger partial charge in [-0.05, 0) is 36.8 Å². The Kier molecular flexibility index (Phi) is 3.11. The maximum atomic E-state index is 11.9. The Bertz CT molecular complexity index is 643. The van der Waals surface area contributed by atoms with Crippen molar-refractivity contribution in [1.82, 2.24) is 14.7 Å². The van der Waals surface area contributed by atoms with Crippen LogP contribution in [0.15, 0.2) is 35.3 Å². The first kappa shape index (κ1) is 12.4. The lowest BCUT2D eigenvalue weighted by Crippen LogP contribution is -2.25. The van der Waals surface area contributed by atoms with Crippen LogP contribution in [0.5, 0.6) is 0 Å². The fourth-order valence-corrected chi connectivity index (χ4v) is 2.48. The fraction of sp³-hybridized carbons (Fsp3) is 0.467. The largest absolute Gasteiger partial charge is 0.311 e. The highest BCUT2D eigenvalue weighted by atomic mass is 16.1. The van der Waals surface area contributed by atoms with E-state index < -0.39 is 0 Å². The SMILES string of the molecule is CCC1(CNCc2cc(=O)n3ccccc3n2)CC1. The Morgan fingerprint density at radius 1 is 1.42 bits per heavy atom. The molecule has 0 bridgehead atoms. The molecule has 0 aliphatic heterocycles. The van der Waals surface area contributed by atoms with Gasteiger partial charge in [0.05, 0.1) is 5.69 Å². The number of hydrogen-bond acceptors (Lipinski definition) is 3. The maximum Gasteiger partial charge on any atom is 0.258 e. The molecule has 1 aliphatic rings. The van der Waals surface area contributed by atoms with Gasteiger partial charge in [-0.3, -0.25) is 9.20 Å². The lowest BCUT2D eigenvalue weighted by Gasteiger charge is -2.13. The van der Waals surface area contributed by atoms with Crippen molar-refractivity contribution in [2.75, 3.05) is 6.54 Å². The number of pyridine rings is 1. The Hall–Kier alpha value is -1.68. The minimum atomic E-state index is -0.0148. The Morgan fingerprint density at radius 2 is 2.26 bits per heavy atom. The molecule has 1 N–H and O–H groups in total. The van der Waals surface area contributed by atoms with Crippen molar-refractivity contribution in [3.63, 3.8) is 0 Å². The standard InChI is InChI=1S/C15H19N3O/c1-2-15(6-7-15)11-16-10-12-9-14(19)18-8-4-3-5-13(18)17-12/h3-5,8-9,16H,2,6-7,10-11H2,1H3. The van der Waals surface area contributed by atoms with E-state index in [9.17, 15) is 4.79 Å². The van der Waals surface area contributed by atoms with Gasteiger partial charge in [-0.1, -0.05) is 13.0 Å². The van der Waals surface area contributed by atoms with Crippen molar-refractivity contribution in [1.29, 1.82) is 0 Å². The Labute approximate surface area is 112 Å². The number of aromatic nitrogens is 2. The van der Waals surface area contributed by atoms with Gasteiger partial charge < -0.3 is 5.32 Å². The summed E-state index contributed by atoms with van der Waals surface area (Å²) in [5.74, 6) is 0. The molecular formula is C15H19N3O. The lowest BCUT2D eigenvalue weighted by atomic mass is 10.0. The van der Waals surface area contributed by atoms with E-state index in [4.69, 9.17) is 0 Å². The smallest absolute Gasteiger partial charge is 0.258 e. The molecule has 1 aliphatic carbocycles. The van der Waals surface area contributed by atoms with E-state index in [2.05, 4.69) is 17.2 Å². The predicted molar refractivity (Wildman–Crippen MR) is 75.1 cm³/mol. The number of hydrogen-bond donors (Lipinski definition) is 1. The summed E-state index contributed by atoms with van der Waals surface area (Å²) < 4.78 is 1.57.